The van der Waals surface area contributed by atoms with Gasteiger partial charge in [-0.15, -0.1) is 11.3 Å². The molecule has 0 radical (unpaired) electrons. The number of hydrogen-bond acceptors (Lipinski definition) is 5. The van der Waals surface area contributed by atoms with Crippen molar-refractivity contribution in [3.63, 3.8) is 0 Å². The summed E-state index contributed by atoms with van der Waals surface area (Å²) in [5.41, 5.74) is 3.76. The molecule has 29 heavy (non-hydrogen) atoms. The summed E-state index contributed by atoms with van der Waals surface area (Å²) in [5, 5.41) is 14.6. The molecule has 6 nitrogen and oxygen atoms in total. The number of anilines is 1. The van der Waals surface area contributed by atoms with Gasteiger partial charge in [0.25, 0.3) is 5.91 Å². The zero-order valence-electron chi connectivity index (χ0n) is 15.7. The molecule has 0 atom stereocenters. The van der Waals surface area contributed by atoms with Crippen LogP contribution in [0.1, 0.15) is 41.7 Å². The van der Waals surface area contributed by atoms with Gasteiger partial charge in [-0.3, -0.25) is 14.8 Å². The Kier molecular flexibility index (Phi) is 5.42. The molecule has 1 saturated carbocycles. The van der Waals surface area contributed by atoms with Crippen molar-refractivity contribution in [2.24, 2.45) is 0 Å². The highest BCUT2D eigenvalue weighted by Gasteiger charge is 2.44. The van der Waals surface area contributed by atoms with E-state index in [1.807, 2.05) is 35.7 Å². The molecular formula is C22H21N3O3S. The van der Waals surface area contributed by atoms with Gasteiger partial charge in [-0.25, -0.2) is 10.5 Å². The molecule has 1 aliphatic carbocycles. The number of rotatable bonds is 5. The molecule has 1 aliphatic rings. The molecule has 148 valence electrons. The van der Waals surface area contributed by atoms with E-state index in [9.17, 15) is 9.59 Å². The molecule has 1 fully saturated rings. The predicted molar refractivity (Wildman–Crippen MR) is 112 cm³/mol. The Labute approximate surface area is 172 Å². The van der Waals surface area contributed by atoms with Crippen molar-refractivity contribution < 1.29 is 14.8 Å². The SMILES string of the molecule is O=C(NO)c1ccc(NC(=O)C2(c3csc(-c4ccccc4)n3)CCCC2)cc1. The second kappa shape index (κ2) is 8.14. The Morgan fingerprint density at radius 1 is 1.00 bits per heavy atom. The lowest BCUT2D eigenvalue weighted by Crippen LogP contribution is -2.38. The van der Waals surface area contributed by atoms with Crippen molar-refractivity contribution in [1.29, 1.82) is 0 Å². The van der Waals surface area contributed by atoms with Crippen LogP contribution in [-0.4, -0.2) is 22.0 Å². The molecular weight excluding hydrogens is 386 g/mol. The summed E-state index contributed by atoms with van der Waals surface area (Å²) in [4.78, 5) is 29.6. The van der Waals surface area contributed by atoms with Gasteiger partial charge in [-0.1, -0.05) is 43.2 Å². The Morgan fingerprint density at radius 3 is 2.34 bits per heavy atom. The van der Waals surface area contributed by atoms with E-state index in [1.165, 1.54) is 0 Å². The zero-order valence-corrected chi connectivity index (χ0v) is 16.5. The monoisotopic (exact) mass is 407 g/mol. The molecule has 0 bridgehead atoms. The molecule has 2 aromatic carbocycles. The maximum atomic E-state index is 13.3. The van der Waals surface area contributed by atoms with Crippen molar-refractivity contribution in [1.82, 2.24) is 10.5 Å². The molecule has 0 spiro atoms. The van der Waals surface area contributed by atoms with E-state index in [2.05, 4.69) is 5.32 Å². The van der Waals surface area contributed by atoms with Crippen molar-refractivity contribution >= 4 is 28.8 Å². The minimum atomic E-state index is -0.634. The standard InChI is InChI=1S/C22H21N3O3S/c26-19(25-28)15-8-10-17(11-9-15)23-21(27)22(12-4-5-13-22)18-14-29-20(24-18)16-6-2-1-3-7-16/h1-3,6-11,14,28H,4-5,12-13H2,(H,23,27)(H,25,26). The van der Waals surface area contributed by atoms with Gasteiger partial charge in [0.15, 0.2) is 0 Å². The van der Waals surface area contributed by atoms with E-state index < -0.39 is 11.3 Å². The summed E-state index contributed by atoms with van der Waals surface area (Å²) in [7, 11) is 0. The summed E-state index contributed by atoms with van der Waals surface area (Å²) in [6.07, 6.45) is 3.51. The van der Waals surface area contributed by atoms with Crippen molar-refractivity contribution in [3.05, 3.63) is 71.2 Å². The van der Waals surface area contributed by atoms with Crippen LogP contribution in [0.2, 0.25) is 0 Å². The van der Waals surface area contributed by atoms with Crippen LogP contribution >= 0.6 is 11.3 Å². The molecule has 1 heterocycles. The highest BCUT2D eigenvalue weighted by atomic mass is 32.1. The Balaban J connectivity index is 1.58. The first-order valence-corrected chi connectivity index (χ1v) is 10.4. The predicted octanol–water partition coefficient (Wildman–Crippen LogP) is 4.38. The number of aromatic nitrogens is 1. The van der Waals surface area contributed by atoms with Crippen LogP contribution in [0, 0.1) is 0 Å². The molecule has 0 unspecified atom stereocenters. The number of carbonyl (C=O) groups is 2. The van der Waals surface area contributed by atoms with Crippen molar-refractivity contribution in [2.75, 3.05) is 5.32 Å². The van der Waals surface area contributed by atoms with Gasteiger partial charge in [0.05, 0.1) is 11.1 Å². The molecule has 0 aliphatic heterocycles. The smallest absolute Gasteiger partial charge is 0.274 e. The quantitative estimate of drug-likeness (QED) is 0.432. The van der Waals surface area contributed by atoms with Crippen molar-refractivity contribution in [2.45, 2.75) is 31.1 Å². The Bertz CT molecular complexity index is 1010. The molecule has 2 amide bonds. The highest BCUT2D eigenvalue weighted by Crippen LogP contribution is 2.43. The Morgan fingerprint density at radius 2 is 1.69 bits per heavy atom. The number of nitrogens with zero attached hydrogens (tertiary/aromatic N) is 1. The number of hydrogen-bond donors (Lipinski definition) is 3. The average molecular weight is 407 g/mol. The fraction of sp³-hybridized carbons (Fsp3) is 0.227. The van der Waals surface area contributed by atoms with Gasteiger partial charge in [0.2, 0.25) is 5.91 Å². The van der Waals surface area contributed by atoms with Crippen LogP contribution < -0.4 is 10.8 Å². The first-order chi connectivity index (χ1) is 14.1. The van der Waals surface area contributed by atoms with E-state index in [4.69, 9.17) is 10.2 Å². The van der Waals surface area contributed by atoms with Crippen LogP contribution in [0.4, 0.5) is 5.69 Å². The average Bonchev–Trinajstić information content (AvgIpc) is 3.45. The second-order valence-electron chi connectivity index (χ2n) is 7.17. The largest absolute Gasteiger partial charge is 0.325 e. The van der Waals surface area contributed by atoms with Gasteiger partial charge in [0.1, 0.15) is 5.01 Å². The molecule has 7 heteroatoms. The van der Waals surface area contributed by atoms with E-state index in [1.54, 1.807) is 41.1 Å². The maximum Gasteiger partial charge on any atom is 0.274 e. The first-order valence-electron chi connectivity index (χ1n) is 9.50. The number of carbonyl (C=O) groups excluding carboxylic acids is 2. The molecule has 3 N–H and O–H groups in total. The van der Waals surface area contributed by atoms with Crippen LogP contribution in [0.5, 0.6) is 0 Å². The lowest BCUT2D eigenvalue weighted by atomic mass is 9.82. The molecule has 0 saturated heterocycles. The minimum absolute atomic E-state index is 0.0701. The van der Waals surface area contributed by atoms with Gasteiger partial charge < -0.3 is 5.32 Å². The van der Waals surface area contributed by atoms with E-state index in [0.717, 1.165) is 41.9 Å². The zero-order chi connectivity index (χ0) is 20.3. The summed E-state index contributed by atoms with van der Waals surface area (Å²) in [6.45, 7) is 0. The number of amides is 2. The summed E-state index contributed by atoms with van der Waals surface area (Å²) < 4.78 is 0. The highest BCUT2D eigenvalue weighted by molar-refractivity contribution is 7.13. The summed E-state index contributed by atoms with van der Waals surface area (Å²) in [6, 6.07) is 16.4. The molecule has 3 aromatic rings. The fourth-order valence-corrected chi connectivity index (χ4v) is 4.73. The van der Waals surface area contributed by atoms with E-state index in [0.29, 0.717) is 11.3 Å². The van der Waals surface area contributed by atoms with Crippen LogP contribution in [0.3, 0.4) is 0 Å². The fourth-order valence-electron chi connectivity index (χ4n) is 3.81. The second-order valence-corrected chi connectivity index (χ2v) is 8.02. The lowest BCUT2D eigenvalue weighted by molar-refractivity contribution is -0.121. The summed E-state index contributed by atoms with van der Waals surface area (Å²) >= 11 is 1.56. The van der Waals surface area contributed by atoms with Crippen LogP contribution in [0.25, 0.3) is 10.6 Å². The topological polar surface area (TPSA) is 91.3 Å². The number of benzene rings is 2. The number of hydroxylamine groups is 1. The lowest BCUT2D eigenvalue weighted by Gasteiger charge is -2.26. The Hall–Kier alpha value is -3.03. The van der Waals surface area contributed by atoms with Crippen LogP contribution in [-0.2, 0) is 10.2 Å². The molecule has 1 aromatic heterocycles. The van der Waals surface area contributed by atoms with E-state index >= 15 is 0 Å². The first kappa shape index (κ1) is 19.3. The molecule has 4 rings (SSSR count). The summed E-state index contributed by atoms with van der Waals surface area (Å²) in [5.74, 6) is -0.662. The van der Waals surface area contributed by atoms with E-state index in [-0.39, 0.29) is 5.91 Å². The van der Waals surface area contributed by atoms with Gasteiger partial charge >= 0.3 is 0 Å². The third-order valence-electron chi connectivity index (χ3n) is 5.41. The number of thiazole rings is 1. The minimum Gasteiger partial charge on any atom is -0.325 e. The van der Waals surface area contributed by atoms with Gasteiger partial charge in [-0.2, -0.15) is 0 Å². The van der Waals surface area contributed by atoms with Crippen molar-refractivity contribution in [3.8, 4) is 10.6 Å². The number of nitrogens with one attached hydrogen (secondary N) is 2. The third kappa shape index (κ3) is 3.79. The van der Waals surface area contributed by atoms with Gasteiger partial charge in [0, 0.05) is 22.2 Å². The maximum absolute atomic E-state index is 13.3. The van der Waals surface area contributed by atoms with Crippen LogP contribution in [0.15, 0.2) is 60.0 Å². The van der Waals surface area contributed by atoms with Gasteiger partial charge in [-0.05, 0) is 37.1 Å². The third-order valence-corrected chi connectivity index (χ3v) is 6.30. The normalized spacial score (nSPS) is 15.1.